The Balaban J connectivity index is 2.05. The smallest absolute Gasteiger partial charge is 0.257 e. The molecule has 1 unspecified atom stereocenters. The minimum Gasteiger partial charge on any atom is -0.500 e. The zero-order valence-corrected chi connectivity index (χ0v) is 23.3. The lowest BCUT2D eigenvalue weighted by molar-refractivity contribution is -0.531. The number of rotatable bonds is 10. The van der Waals surface area contributed by atoms with Crippen LogP contribution < -0.4 is 5.32 Å². The van der Waals surface area contributed by atoms with Crippen LogP contribution >= 0.6 is 0 Å². The number of nitrogens with zero attached hydrogens (tertiary/aromatic N) is 3. The number of amides is 1. The van der Waals surface area contributed by atoms with Crippen LogP contribution in [0.5, 0.6) is 0 Å². The summed E-state index contributed by atoms with van der Waals surface area (Å²) in [6.07, 6.45) is 5.45. The van der Waals surface area contributed by atoms with Crippen molar-refractivity contribution in [1.82, 2.24) is 9.55 Å². The SMILES string of the molecule is C=C(/C=C(\C=C(\C)C(C)CC)C(=O)Nc1nc2ccc(C)cc2n1C)C1=C(OC)CC[N+](CCO)=C1C. The number of aliphatic hydroxyl groups is 1. The van der Waals surface area contributed by atoms with Gasteiger partial charge in [-0.05, 0) is 55.5 Å². The third kappa shape index (κ3) is 6.28. The van der Waals surface area contributed by atoms with Gasteiger partial charge in [0.15, 0.2) is 12.3 Å². The number of anilines is 1. The Morgan fingerprint density at radius 3 is 2.73 bits per heavy atom. The summed E-state index contributed by atoms with van der Waals surface area (Å²) in [5, 5.41) is 12.5. The van der Waals surface area contributed by atoms with Crippen molar-refractivity contribution in [3.05, 3.63) is 70.5 Å². The Morgan fingerprint density at radius 2 is 2.08 bits per heavy atom. The second kappa shape index (κ2) is 12.2. The molecule has 2 N–H and O–H groups in total. The van der Waals surface area contributed by atoms with Crippen molar-refractivity contribution in [2.45, 2.75) is 47.5 Å². The number of methoxy groups -OCH3 is 1. The van der Waals surface area contributed by atoms with Gasteiger partial charge in [-0.3, -0.25) is 10.1 Å². The molecule has 0 bridgehead atoms. The van der Waals surface area contributed by atoms with Gasteiger partial charge < -0.3 is 14.4 Å². The number of β-amino-alcohol motifs (C(OH)–C–C–N with tert-alkyl or cyclic N) is 1. The van der Waals surface area contributed by atoms with Crippen molar-refractivity contribution >= 4 is 28.6 Å². The van der Waals surface area contributed by atoms with Crippen LogP contribution in [0.25, 0.3) is 11.0 Å². The predicted molar refractivity (Wildman–Crippen MR) is 151 cm³/mol. The summed E-state index contributed by atoms with van der Waals surface area (Å²) in [5.41, 5.74) is 7.08. The standard InChI is InChI=1S/C30H40N4O3/c1-9-20(3)21(4)17-24(18-22(5)28-23(6)34(14-15-35)13-12-27(28)37-8)29(36)32-30-31-25-11-10-19(2)16-26(25)33(30)7/h10-11,16-18,20,35H,5,9,12-15H2,1-4,6-8H3/p+1/b21-17-,24-18+. The molecule has 0 saturated heterocycles. The molecule has 0 saturated carbocycles. The highest BCUT2D eigenvalue weighted by atomic mass is 16.5. The number of fused-ring (bicyclic) bond motifs is 1. The minimum absolute atomic E-state index is 0.0668. The van der Waals surface area contributed by atoms with Gasteiger partial charge in [-0.1, -0.05) is 38.1 Å². The fourth-order valence-electron chi connectivity index (χ4n) is 4.63. The number of hydrogen-bond donors (Lipinski definition) is 2. The Morgan fingerprint density at radius 1 is 1.35 bits per heavy atom. The van der Waals surface area contributed by atoms with E-state index in [0.29, 0.717) is 36.0 Å². The van der Waals surface area contributed by atoms with Crippen LogP contribution in [0.4, 0.5) is 5.95 Å². The lowest BCUT2D eigenvalue weighted by atomic mass is 9.93. The van der Waals surface area contributed by atoms with E-state index in [9.17, 15) is 9.90 Å². The number of aliphatic hydroxyl groups excluding tert-OH is 1. The average Bonchev–Trinajstić information content (AvgIpc) is 3.18. The van der Waals surface area contributed by atoms with Gasteiger partial charge in [0.25, 0.3) is 5.91 Å². The second-order valence-electron chi connectivity index (χ2n) is 9.81. The van der Waals surface area contributed by atoms with E-state index in [1.807, 2.05) is 49.7 Å². The van der Waals surface area contributed by atoms with E-state index >= 15 is 0 Å². The monoisotopic (exact) mass is 505 g/mol. The summed E-state index contributed by atoms with van der Waals surface area (Å²) in [6, 6.07) is 6.03. The van der Waals surface area contributed by atoms with Crippen molar-refractivity contribution in [2.75, 3.05) is 32.1 Å². The lowest BCUT2D eigenvalue weighted by Gasteiger charge is -2.20. The van der Waals surface area contributed by atoms with E-state index in [1.165, 1.54) is 0 Å². The van der Waals surface area contributed by atoms with Gasteiger partial charge >= 0.3 is 0 Å². The van der Waals surface area contributed by atoms with Gasteiger partial charge in [-0.25, -0.2) is 9.56 Å². The van der Waals surface area contributed by atoms with Gasteiger partial charge in [0.2, 0.25) is 5.95 Å². The molecule has 1 aromatic carbocycles. The summed E-state index contributed by atoms with van der Waals surface area (Å²) in [6.45, 7) is 16.1. The van der Waals surface area contributed by atoms with Crippen LogP contribution in [0.1, 0.15) is 46.1 Å². The number of nitrogens with one attached hydrogen (secondary N) is 1. The van der Waals surface area contributed by atoms with E-state index < -0.39 is 0 Å². The number of aromatic nitrogens is 2. The van der Waals surface area contributed by atoms with Crippen LogP contribution in [-0.4, -0.2) is 57.7 Å². The van der Waals surface area contributed by atoms with E-state index in [1.54, 1.807) is 7.11 Å². The molecule has 0 aliphatic carbocycles. The summed E-state index contributed by atoms with van der Waals surface area (Å²) >= 11 is 0. The summed E-state index contributed by atoms with van der Waals surface area (Å²) < 4.78 is 9.73. The number of hydrogen-bond acceptors (Lipinski definition) is 4. The van der Waals surface area contributed by atoms with Crippen molar-refractivity contribution < 1.29 is 19.2 Å². The van der Waals surface area contributed by atoms with E-state index in [-0.39, 0.29) is 12.5 Å². The largest absolute Gasteiger partial charge is 0.500 e. The molecule has 1 amide bonds. The lowest BCUT2D eigenvalue weighted by Crippen LogP contribution is -2.30. The maximum Gasteiger partial charge on any atom is 0.257 e. The topological polar surface area (TPSA) is 79.4 Å². The Kier molecular flexibility index (Phi) is 9.27. The highest BCUT2D eigenvalue weighted by Crippen LogP contribution is 2.26. The van der Waals surface area contributed by atoms with Crippen LogP contribution in [-0.2, 0) is 16.6 Å². The molecule has 7 nitrogen and oxygen atoms in total. The van der Waals surface area contributed by atoms with Crippen molar-refractivity contribution in [2.24, 2.45) is 13.0 Å². The normalized spacial score (nSPS) is 15.9. The molecule has 7 heteroatoms. The summed E-state index contributed by atoms with van der Waals surface area (Å²) in [7, 11) is 3.56. The molecule has 0 fully saturated rings. The number of ether oxygens (including phenoxy) is 1. The molecule has 2 aromatic rings. The van der Waals surface area contributed by atoms with Crippen LogP contribution in [0.3, 0.4) is 0 Å². The van der Waals surface area contributed by atoms with Gasteiger partial charge in [-0.15, -0.1) is 0 Å². The summed E-state index contributed by atoms with van der Waals surface area (Å²) in [5.74, 6) is 1.41. The number of benzene rings is 1. The van der Waals surface area contributed by atoms with Crippen molar-refractivity contribution in [3.8, 4) is 0 Å². The zero-order valence-electron chi connectivity index (χ0n) is 23.3. The molecule has 3 rings (SSSR count). The maximum atomic E-state index is 13.7. The highest BCUT2D eigenvalue weighted by Gasteiger charge is 2.27. The molecule has 37 heavy (non-hydrogen) atoms. The second-order valence-corrected chi connectivity index (χ2v) is 9.81. The van der Waals surface area contributed by atoms with Crippen LogP contribution in [0, 0.1) is 12.8 Å². The first-order valence-corrected chi connectivity index (χ1v) is 12.9. The quantitative estimate of drug-likeness (QED) is 0.269. The molecule has 0 spiro atoms. The highest BCUT2D eigenvalue weighted by molar-refractivity contribution is 6.07. The molecular formula is C30H41N4O3+. The number of aryl methyl sites for hydroxylation is 2. The number of imidazole rings is 1. The average molecular weight is 506 g/mol. The first kappa shape index (κ1) is 28.1. The fourth-order valence-corrected chi connectivity index (χ4v) is 4.63. The number of allylic oxidation sites excluding steroid dienone is 4. The van der Waals surface area contributed by atoms with Gasteiger partial charge in [0.1, 0.15) is 18.9 Å². The first-order valence-electron chi connectivity index (χ1n) is 12.9. The van der Waals surface area contributed by atoms with Gasteiger partial charge in [0.05, 0.1) is 30.1 Å². The summed E-state index contributed by atoms with van der Waals surface area (Å²) in [4.78, 5) is 18.3. The zero-order chi connectivity index (χ0) is 27.3. The molecule has 1 aromatic heterocycles. The third-order valence-corrected chi connectivity index (χ3v) is 7.29. The van der Waals surface area contributed by atoms with Gasteiger partial charge in [0, 0.05) is 19.5 Å². The van der Waals surface area contributed by atoms with Crippen LogP contribution in [0.2, 0.25) is 0 Å². The van der Waals surface area contributed by atoms with E-state index in [2.05, 4.69) is 48.3 Å². The molecular weight excluding hydrogens is 464 g/mol. The maximum absolute atomic E-state index is 13.7. The molecule has 0 radical (unpaired) electrons. The molecule has 2 heterocycles. The minimum atomic E-state index is -0.251. The number of carbonyl (C=O) groups excluding carboxylic acids is 1. The molecule has 1 aliphatic rings. The Labute approximate surface area is 220 Å². The Bertz CT molecular complexity index is 1320. The number of carbonyl (C=O) groups is 1. The van der Waals surface area contributed by atoms with E-state index in [4.69, 9.17) is 4.74 Å². The molecule has 1 aliphatic heterocycles. The molecule has 198 valence electrons. The third-order valence-electron chi connectivity index (χ3n) is 7.29. The Hall–Kier alpha value is -3.45. The van der Waals surface area contributed by atoms with E-state index in [0.717, 1.165) is 52.2 Å². The molecule has 1 atom stereocenters. The van der Waals surface area contributed by atoms with Crippen LogP contribution in [0.15, 0.2) is 65.0 Å². The van der Waals surface area contributed by atoms with Crippen molar-refractivity contribution in [3.63, 3.8) is 0 Å². The first-order chi connectivity index (χ1) is 17.6. The van der Waals surface area contributed by atoms with Gasteiger partial charge in [-0.2, -0.15) is 0 Å². The predicted octanol–water partition coefficient (Wildman–Crippen LogP) is 5.07. The fraction of sp³-hybridized carbons (Fsp3) is 0.433. The van der Waals surface area contributed by atoms with Crippen molar-refractivity contribution in [1.29, 1.82) is 0 Å².